The van der Waals surface area contributed by atoms with Crippen LogP contribution in [0.15, 0.2) is 30.3 Å². The second kappa shape index (κ2) is 8.59. The number of carbonyl (C=O) groups excluding carboxylic acids is 2. The van der Waals surface area contributed by atoms with Crippen molar-refractivity contribution < 1.29 is 19.5 Å². The summed E-state index contributed by atoms with van der Waals surface area (Å²) in [5, 5.41) is 21.1. The van der Waals surface area contributed by atoms with Gasteiger partial charge in [-0.25, -0.2) is 0 Å². The Kier molecular flexibility index (Phi) is 5.97. The number of benzene rings is 1. The Morgan fingerprint density at radius 2 is 2.00 bits per heavy atom. The van der Waals surface area contributed by atoms with Crippen LogP contribution in [0.25, 0.3) is 11.4 Å². The number of hydrogen-bond donors (Lipinski definition) is 1. The van der Waals surface area contributed by atoms with Gasteiger partial charge in [0.1, 0.15) is 6.54 Å². The van der Waals surface area contributed by atoms with Crippen molar-refractivity contribution >= 4 is 17.8 Å². The number of likely N-dealkylation sites (tertiary alicyclic amines) is 1. The zero-order chi connectivity index (χ0) is 20.1. The molecule has 1 unspecified atom stereocenters. The Balaban J connectivity index is 1.54. The van der Waals surface area contributed by atoms with Crippen molar-refractivity contribution in [3.63, 3.8) is 0 Å². The largest absolute Gasteiger partial charge is 0.481 e. The van der Waals surface area contributed by atoms with E-state index in [0.717, 1.165) is 5.56 Å². The van der Waals surface area contributed by atoms with E-state index in [1.165, 1.54) is 21.6 Å². The predicted molar refractivity (Wildman–Crippen MR) is 97.8 cm³/mol. The first kappa shape index (κ1) is 19.5. The lowest BCUT2D eigenvalue weighted by Gasteiger charge is -2.32. The van der Waals surface area contributed by atoms with Crippen molar-refractivity contribution in [2.75, 3.05) is 26.7 Å². The summed E-state index contributed by atoms with van der Waals surface area (Å²) in [4.78, 5) is 39.9. The first-order chi connectivity index (χ1) is 13.4. The molecule has 1 aromatic carbocycles. The molecule has 1 aromatic heterocycles. The molecule has 1 atom stereocenters. The van der Waals surface area contributed by atoms with E-state index in [1.807, 2.05) is 30.3 Å². The number of aliphatic carboxylic acids is 1. The molecule has 0 aliphatic carbocycles. The van der Waals surface area contributed by atoms with Gasteiger partial charge in [0.15, 0.2) is 0 Å². The SMILES string of the molecule is CN(CC(=O)N1CCCC(C(=O)O)C1)C(=O)Cn1nnc(-c2ccccc2)n1. The molecule has 28 heavy (non-hydrogen) atoms. The van der Waals surface area contributed by atoms with E-state index in [2.05, 4.69) is 15.4 Å². The molecule has 2 aromatic rings. The molecule has 1 aliphatic rings. The highest BCUT2D eigenvalue weighted by Gasteiger charge is 2.29. The van der Waals surface area contributed by atoms with Crippen LogP contribution in [-0.4, -0.2) is 79.6 Å². The van der Waals surface area contributed by atoms with Crippen molar-refractivity contribution in [3.8, 4) is 11.4 Å². The number of carbonyl (C=O) groups is 3. The van der Waals surface area contributed by atoms with E-state index < -0.39 is 11.9 Å². The highest BCUT2D eigenvalue weighted by Crippen LogP contribution is 2.17. The summed E-state index contributed by atoms with van der Waals surface area (Å²) in [6.07, 6.45) is 1.21. The standard InChI is InChI=1S/C18H22N6O4/c1-22(11-16(26)23-9-5-8-14(10-23)18(27)28)15(25)12-24-20-17(19-21-24)13-6-3-2-4-7-13/h2-4,6-7,14H,5,8-12H2,1H3,(H,27,28). The van der Waals surface area contributed by atoms with Gasteiger partial charge < -0.3 is 14.9 Å². The van der Waals surface area contributed by atoms with Gasteiger partial charge in [0.25, 0.3) is 0 Å². The summed E-state index contributed by atoms with van der Waals surface area (Å²) >= 11 is 0. The van der Waals surface area contributed by atoms with Crippen LogP contribution in [0, 0.1) is 5.92 Å². The fraction of sp³-hybridized carbons (Fsp3) is 0.444. The molecular formula is C18H22N6O4. The molecule has 1 saturated heterocycles. The zero-order valence-electron chi connectivity index (χ0n) is 15.6. The number of tetrazole rings is 1. The summed E-state index contributed by atoms with van der Waals surface area (Å²) in [6, 6.07) is 9.28. The van der Waals surface area contributed by atoms with Gasteiger partial charge in [-0.3, -0.25) is 14.4 Å². The molecule has 0 saturated carbocycles. The average molecular weight is 386 g/mol. The topological polar surface area (TPSA) is 122 Å². The second-order valence-electron chi connectivity index (χ2n) is 6.78. The third-order valence-corrected chi connectivity index (χ3v) is 4.68. The molecule has 10 heteroatoms. The minimum Gasteiger partial charge on any atom is -0.481 e. The van der Waals surface area contributed by atoms with Crippen molar-refractivity contribution in [2.45, 2.75) is 19.4 Å². The molecule has 148 valence electrons. The number of hydrogen-bond acceptors (Lipinski definition) is 6. The molecule has 1 N–H and O–H groups in total. The van der Waals surface area contributed by atoms with Gasteiger partial charge in [0.05, 0.1) is 12.5 Å². The number of rotatable bonds is 6. The molecule has 2 amide bonds. The third kappa shape index (κ3) is 4.70. The first-order valence-electron chi connectivity index (χ1n) is 9.02. The van der Waals surface area contributed by atoms with Crippen LogP contribution in [0.2, 0.25) is 0 Å². The van der Waals surface area contributed by atoms with Crippen LogP contribution in [0.3, 0.4) is 0 Å². The number of likely N-dealkylation sites (N-methyl/N-ethyl adjacent to an activating group) is 1. The minimum atomic E-state index is -0.895. The number of carboxylic acid groups (broad SMARTS) is 1. The van der Waals surface area contributed by atoms with Gasteiger partial charge in [-0.2, -0.15) is 4.80 Å². The molecule has 1 fully saturated rings. The van der Waals surface area contributed by atoms with Gasteiger partial charge in [-0.05, 0) is 18.1 Å². The lowest BCUT2D eigenvalue weighted by molar-refractivity contribution is -0.147. The molecule has 0 bridgehead atoms. The van der Waals surface area contributed by atoms with Crippen LogP contribution < -0.4 is 0 Å². The summed E-state index contributed by atoms with van der Waals surface area (Å²) in [7, 11) is 1.52. The van der Waals surface area contributed by atoms with Crippen LogP contribution in [0.4, 0.5) is 0 Å². The fourth-order valence-electron chi connectivity index (χ4n) is 3.05. The Hall–Kier alpha value is -3.30. The van der Waals surface area contributed by atoms with Gasteiger partial charge in [0, 0.05) is 25.7 Å². The Labute approximate surface area is 161 Å². The summed E-state index contributed by atoms with van der Waals surface area (Å²) < 4.78 is 0. The quantitative estimate of drug-likeness (QED) is 0.748. The zero-order valence-corrected chi connectivity index (χ0v) is 15.6. The van der Waals surface area contributed by atoms with E-state index >= 15 is 0 Å². The maximum absolute atomic E-state index is 12.4. The van der Waals surface area contributed by atoms with Gasteiger partial charge in [0.2, 0.25) is 17.6 Å². The average Bonchev–Trinajstić information content (AvgIpc) is 3.17. The lowest BCUT2D eigenvalue weighted by atomic mass is 9.98. The molecular weight excluding hydrogens is 364 g/mol. The van der Waals surface area contributed by atoms with Gasteiger partial charge >= 0.3 is 5.97 Å². The molecule has 2 heterocycles. The molecule has 0 radical (unpaired) electrons. The summed E-state index contributed by atoms with van der Waals surface area (Å²) in [5.74, 6) is -1.63. The first-order valence-corrected chi connectivity index (χ1v) is 9.02. The Morgan fingerprint density at radius 3 is 2.71 bits per heavy atom. The fourth-order valence-corrected chi connectivity index (χ4v) is 3.05. The normalized spacial score (nSPS) is 16.6. The van der Waals surface area contributed by atoms with Crippen molar-refractivity contribution in [1.82, 2.24) is 30.0 Å². The summed E-state index contributed by atoms with van der Waals surface area (Å²) in [6.45, 7) is 0.434. The van der Waals surface area contributed by atoms with Gasteiger partial charge in [-0.15, -0.1) is 10.2 Å². The molecule has 1 aliphatic heterocycles. The monoisotopic (exact) mass is 386 g/mol. The maximum atomic E-state index is 12.4. The van der Waals surface area contributed by atoms with Crippen LogP contribution in [0.5, 0.6) is 0 Å². The second-order valence-corrected chi connectivity index (χ2v) is 6.78. The number of carboxylic acids is 1. The smallest absolute Gasteiger partial charge is 0.308 e. The highest BCUT2D eigenvalue weighted by molar-refractivity contribution is 5.85. The molecule has 10 nitrogen and oxygen atoms in total. The van der Waals surface area contributed by atoms with Crippen molar-refractivity contribution in [1.29, 1.82) is 0 Å². The number of aromatic nitrogens is 4. The van der Waals surface area contributed by atoms with Crippen molar-refractivity contribution in [3.05, 3.63) is 30.3 Å². The van der Waals surface area contributed by atoms with E-state index in [0.29, 0.717) is 25.2 Å². The molecule has 3 rings (SSSR count). The number of nitrogens with zero attached hydrogens (tertiary/aromatic N) is 6. The lowest BCUT2D eigenvalue weighted by Crippen LogP contribution is -2.47. The predicted octanol–water partition coefficient (Wildman–Crippen LogP) is 0.122. The van der Waals surface area contributed by atoms with E-state index in [4.69, 9.17) is 5.11 Å². The van der Waals surface area contributed by atoms with Crippen LogP contribution >= 0.6 is 0 Å². The summed E-state index contributed by atoms with van der Waals surface area (Å²) in [5.41, 5.74) is 0.794. The van der Waals surface area contributed by atoms with Crippen molar-refractivity contribution in [2.24, 2.45) is 5.92 Å². The number of piperidine rings is 1. The van der Waals surface area contributed by atoms with E-state index in [-0.39, 0.29) is 31.4 Å². The highest BCUT2D eigenvalue weighted by atomic mass is 16.4. The maximum Gasteiger partial charge on any atom is 0.308 e. The van der Waals surface area contributed by atoms with Gasteiger partial charge in [-0.1, -0.05) is 30.3 Å². The van der Waals surface area contributed by atoms with E-state index in [1.54, 1.807) is 0 Å². The molecule has 0 spiro atoms. The third-order valence-electron chi connectivity index (χ3n) is 4.68. The minimum absolute atomic E-state index is 0.120. The van der Waals surface area contributed by atoms with E-state index in [9.17, 15) is 14.4 Å². The van der Waals surface area contributed by atoms with Crippen LogP contribution in [0.1, 0.15) is 12.8 Å². The van der Waals surface area contributed by atoms with Crippen LogP contribution in [-0.2, 0) is 20.9 Å². The number of amides is 2. The Bertz CT molecular complexity index is 853. The Morgan fingerprint density at radius 1 is 1.25 bits per heavy atom.